The Morgan fingerprint density at radius 2 is 1.85 bits per heavy atom. The SMILES string of the molecule is C/C=C(/c1ccnc(Nc2cc([N+](=O)[O-])c(N(C)CCN(C)C)cc2C)n1)c1ccc(/C(C=N)=C/NC)cc1C. The number of aromatic nitrogens is 2. The molecule has 0 saturated carbocycles. The van der Waals surface area contributed by atoms with Gasteiger partial charge in [-0.3, -0.25) is 10.1 Å². The Hall–Kier alpha value is -4.57. The number of likely N-dealkylation sites (N-methyl/N-ethyl adjacent to an activating group) is 2. The number of hydrogen-bond acceptors (Lipinski definition) is 9. The highest BCUT2D eigenvalue weighted by molar-refractivity contribution is 6.08. The lowest BCUT2D eigenvalue weighted by atomic mass is 9.94. The van der Waals surface area contributed by atoms with Gasteiger partial charge in [-0.25, -0.2) is 9.97 Å². The standard InChI is InChI=1S/C30H38N8O2/c1-8-24(25-10-9-22(15-20(25)2)23(18-31)19-32-4)26-11-12-33-30(34-26)35-27-17-29(38(39)40)28(16-21(27)3)37(7)14-13-36(5)6/h8-12,15-19,31-32H,13-14H2,1-7H3,(H,33,34,35)/b23-19+,24-8+,31-18?. The molecule has 0 aliphatic rings. The van der Waals surface area contributed by atoms with Crippen LogP contribution in [0.4, 0.5) is 23.0 Å². The molecule has 0 unspecified atom stereocenters. The van der Waals surface area contributed by atoms with Crippen molar-refractivity contribution in [2.24, 2.45) is 0 Å². The second-order valence-electron chi connectivity index (χ2n) is 9.79. The Bertz CT molecular complexity index is 1450. The highest BCUT2D eigenvalue weighted by atomic mass is 16.6. The van der Waals surface area contributed by atoms with E-state index in [1.807, 2.05) is 95.2 Å². The van der Waals surface area contributed by atoms with E-state index in [4.69, 9.17) is 10.4 Å². The zero-order chi connectivity index (χ0) is 29.4. The van der Waals surface area contributed by atoms with Gasteiger partial charge in [-0.2, -0.15) is 0 Å². The van der Waals surface area contributed by atoms with Gasteiger partial charge < -0.3 is 25.8 Å². The van der Waals surface area contributed by atoms with Crippen LogP contribution in [0.5, 0.6) is 0 Å². The van der Waals surface area contributed by atoms with Crippen molar-refractivity contribution in [1.82, 2.24) is 20.2 Å². The van der Waals surface area contributed by atoms with Gasteiger partial charge in [0.1, 0.15) is 5.69 Å². The fourth-order valence-electron chi connectivity index (χ4n) is 4.38. The van der Waals surface area contributed by atoms with Crippen LogP contribution in [-0.2, 0) is 0 Å². The number of benzene rings is 2. The summed E-state index contributed by atoms with van der Waals surface area (Å²) >= 11 is 0. The van der Waals surface area contributed by atoms with Gasteiger partial charge in [0.25, 0.3) is 5.69 Å². The molecule has 210 valence electrons. The fourth-order valence-corrected chi connectivity index (χ4v) is 4.38. The summed E-state index contributed by atoms with van der Waals surface area (Å²) in [6.45, 7) is 7.34. The van der Waals surface area contributed by atoms with Crippen molar-refractivity contribution in [2.45, 2.75) is 20.8 Å². The van der Waals surface area contributed by atoms with Crippen LogP contribution in [0.25, 0.3) is 11.1 Å². The minimum absolute atomic E-state index is 0.0204. The van der Waals surface area contributed by atoms with Crippen LogP contribution in [0.1, 0.15) is 34.9 Å². The van der Waals surface area contributed by atoms with Crippen molar-refractivity contribution in [3.63, 3.8) is 0 Å². The van der Waals surface area contributed by atoms with E-state index < -0.39 is 0 Å². The predicted octanol–water partition coefficient (Wildman–Crippen LogP) is 5.40. The van der Waals surface area contributed by atoms with E-state index in [1.54, 1.807) is 18.5 Å². The summed E-state index contributed by atoms with van der Waals surface area (Å²) in [7, 11) is 7.62. The molecule has 3 aromatic rings. The molecule has 40 heavy (non-hydrogen) atoms. The summed E-state index contributed by atoms with van der Waals surface area (Å²) in [6, 6.07) is 11.3. The molecule has 10 nitrogen and oxygen atoms in total. The van der Waals surface area contributed by atoms with Crippen LogP contribution >= 0.6 is 0 Å². The van der Waals surface area contributed by atoms with Crippen molar-refractivity contribution >= 4 is 40.4 Å². The van der Waals surface area contributed by atoms with Crippen molar-refractivity contribution in [3.8, 4) is 0 Å². The van der Waals surface area contributed by atoms with E-state index in [0.717, 1.165) is 45.6 Å². The molecule has 0 saturated heterocycles. The second-order valence-corrected chi connectivity index (χ2v) is 9.79. The van der Waals surface area contributed by atoms with E-state index in [1.165, 1.54) is 6.21 Å². The topological polar surface area (TPSA) is 123 Å². The maximum atomic E-state index is 12.0. The lowest BCUT2D eigenvalue weighted by Crippen LogP contribution is -2.29. The van der Waals surface area contributed by atoms with Crippen molar-refractivity contribution < 1.29 is 4.92 Å². The third-order valence-corrected chi connectivity index (χ3v) is 6.58. The van der Waals surface area contributed by atoms with Crippen LogP contribution in [0.15, 0.2) is 54.9 Å². The van der Waals surface area contributed by atoms with Gasteiger partial charge in [-0.05, 0) is 69.3 Å². The highest BCUT2D eigenvalue weighted by Gasteiger charge is 2.21. The minimum atomic E-state index is -0.358. The Morgan fingerprint density at radius 3 is 2.45 bits per heavy atom. The first-order valence-corrected chi connectivity index (χ1v) is 13.0. The molecule has 3 rings (SSSR count). The Balaban J connectivity index is 1.94. The number of aryl methyl sites for hydroxylation is 2. The van der Waals surface area contributed by atoms with E-state index in [9.17, 15) is 10.1 Å². The summed E-state index contributed by atoms with van der Waals surface area (Å²) in [5, 5.41) is 25.8. The first-order chi connectivity index (χ1) is 19.1. The monoisotopic (exact) mass is 542 g/mol. The van der Waals surface area contributed by atoms with Gasteiger partial charge in [0.15, 0.2) is 0 Å². The maximum Gasteiger partial charge on any atom is 0.294 e. The average Bonchev–Trinajstić information content (AvgIpc) is 2.92. The number of allylic oxidation sites excluding steroid dienone is 2. The van der Waals surface area contributed by atoms with Gasteiger partial charge in [0.05, 0.1) is 16.3 Å². The molecular weight excluding hydrogens is 504 g/mol. The fraction of sp³-hybridized carbons (Fsp3) is 0.300. The molecule has 2 aromatic carbocycles. The van der Waals surface area contributed by atoms with E-state index in [2.05, 4.69) is 15.6 Å². The zero-order valence-electron chi connectivity index (χ0n) is 24.2. The quantitative estimate of drug-likeness (QED) is 0.158. The molecule has 10 heteroatoms. The zero-order valence-corrected chi connectivity index (χ0v) is 24.2. The Morgan fingerprint density at radius 1 is 1.10 bits per heavy atom. The Kier molecular flexibility index (Phi) is 10.1. The van der Waals surface area contributed by atoms with Crippen LogP contribution in [0.3, 0.4) is 0 Å². The minimum Gasteiger partial charge on any atom is -0.393 e. The normalized spacial score (nSPS) is 11.9. The maximum absolute atomic E-state index is 12.0. The lowest BCUT2D eigenvalue weighted by Gasteiger charge is -2.22. The first kappa shape index (κ1) is 30.0. The molecule has 0 atom stereocenters. The average molecular weight is 543 g/mol. The predicted molar refractivity (Wildman–Crippen MR) is 165 cm³/mol. The van der Waals surface area contributed by atoms with Gasteiger partial charge in [0.2, 0.25) is 5.95 Å². The van der Waals surface area contributed by atoms with E-state index in [-0.39, 0.29) is 10.6 Å². The number of rotatable bonds is 12. The van der Waals surface area contributed by atoms with Crippen molar-refractivity contribution in [1.29, 1.82) is 5.41 Å². The van der Waals surface area contributed by atoms with Crippen LogP contribution < -0.4 is 15.5 Å². The highest BCUT2D eigenvalue weighted by Crippen LogP contribution is 2.34. The molecular formula is C30H38N8O2. The summed E-state index contributed by atoms with van der Waals surface area (Å²) < 4.78 is 0. The number of nitrogens with one attached hydrogen (secondary N) is 3. The summed E-state index contributed by atoms with van der Waals surface area (Å²) in [5.74, 6) is 0.347. The van der Waals surface area contributed by atoms with E-state index >= 15 is 0 Å². The molecule has 0 aliphatic carbocycles. The molecule has 1 heterocycles. The number of nitrogens with zero attached hydrogens (tertiary/aromatic N) is 5. The molecule has 0 radical (unpaired) electrons. The molecule has 1 aromatic heterocycles. The largest absolute Gasteiger partial charge is 0.393 e. The second kappa shape index (κ2) is 13.5. The number of nitro groups is 1. The van der Waals surface area contributed by atoms with Crippen molar-refractivity contribution in [2.75, 3.05) is 51.5 Å². The van der Waals surface area contributed by atoms with Crippen LogP contribution in [-0.4, -0.2) is 67.3 Å². The van der Waals surface area contributed by atoms with Crippen molar-refractivity contribution in [3.05, 3.63) is 92.9 Å². The molecule has 0 bridgehead atoms. The van der Waals surface area contributed by atoms with Gasteiger partial charge in [0, 0.05) is 63.0 Å². The smallest absolute Gasteiger partial charge is 0.294 e. The first-order valence-electron chi connectivity index (χ1n) is 13.0. The molecule has 0 fully saturated rings. The van der Waals surface area contributed by atoms with Gasteiger partial charge in [-0.1, -0.05) is 24.3 Å². The summed E-state index contributed by atoms with van der Waals surface area (Å²) in [5.41, 5.74) is 7.45. The van der Waals surface area contributed by atoms with Crippen LogP contribution in [0.2, 0.25) is 0 Å². The number of hydrogen-bond donors (Lipinski definition) is 3. The summed E-state index contributed by atoms with van der Waals surface area (Å²) in [4.78, 5) is 24.7. The summed E-state index contributed by atoms with van der Waals surface area (Å²) in [6.07, 6.45) is 6.79. The van der Waals surface area contributed by atoms with E-state index in [0.29, 0.717) is 23.9 Å². The lowest BCUT2D eigenvalue weighted by molar-refractivity contribution is -0.384. The number of nitro benzene ring substituents is 1. The Labute approximate surface area is 236 Å². The third kappa shape index (κ3) is 7.09. The molecule has 0 aliphatic heterocycles. The van der Waals surface area contributed by atoms with Gasteiger partial charge >= 0.3 is 0 Å². The third-order valence-electron chi connectivity index (χ3n) is 6.58. The van der Waals surface area contributed by atoms with Gasteiger partial charge in [-0.15, -0.1) is 0 Å². The molecule has 0 spiro atoms. The molecule has 3 N–H and O–H groups in total. The number of anilines is 3. The molecule has 0 amide bonds. The van der Waals surface area contributed by atoms with Crippen LogP contribution in [0, 0.1) is 29.4 Å².